The highest BCUT2D eigenvalue weighted by Gasteiger charge is 2.12. The molecule has 2 aromatic rings. The Bertz CT molecular complexity index is 643. The Balaban J connectivity index is 2.28. The number of carbonyl (C=O) groups excluding carboxylic acids is 1. The van der Waals surface area contributed by atoms with Gasteiger partial charge in [0.05, 0.1) is 15.7 Å². The number of nitrogens with one attached hydrogen (secondary N) is 1. The summed E-state index contributed by atoms with van der Waals surface area (Å²) in [5, 5.41) is 3.28. The predicted molar refractivity (Wildman–Crippen MR) is 75.6 cm³/mol. The Hall–Kier alpha value is -1.58. The Labute approximate surface area is 120 Å². The van der Waals surface area contributed by atoms with Crippen molar-refractivity contribution in [1.82, 2.24) is 0 Å². The maximum absolute atomic E-state index is 13.0. The molecule has 1 N–H and O–H groups in total. The van der Waals surface area contributed by atoms with Crippen molar-refractivity contribution < 1.29 is 9.18 Å². The number of hydrogen-bond donors (Lipinski definition) is 1. The summed E-state index contributed by atoms with van der Waals surface area (Å²) in [6.45, 7) is 1.66. The molecule has 0 unspecified atom stereocenters. The number of amides is 1. The Kier molecular flexibility index (Phi) is 4.08. The number of hydrogen-bond acceptors (Lipinski definition) is 1. The van der Waals surface area contributed by atoms with E-state index in [1.165, 1.54) is 18.2 Å². The first-order valence-electron chi connectivity index (χ1n) is 5.50. The molecule has 2 aromatic carbocycles. The van der Waals surface area contributed by atoms with Gasteiger partial charge in [-0.1, -0.05) is 29.3 Å². The summed E-state index contributed by atoms with van der Waals surface area (Å²) < 4.78 is 13.0. The summed E-state index contributed by atoms with van der Waals surface area (Å²) in [6, 6.07) is 8.92. The van der Waals surface area contributed by atoms with E-state index >= 15 is 0 Å². The zero-order valence-electron chi connectivity index (χ0n) is 10.0. The molecule has 0 saturated heterocycles. The zero-order valence-corrected chi connectivity index (χ0v) is 11.5. The molecule has 0 spiro atoms. The van der Waals surface area contributed by atoms with Crippen molar-refractivity contribution in [2.45, 2.75) is 6.92 Å². The number of benzene rings is 2. The van der Waals surface area contributed by atoms with E-state index < -0.39 is 0 Å². The number of anilines is 1. The Morgan fingerprint density at radius 3 is 2.63 bits per heavy atom. The monoisotopic (exact) mass is 297 g/mol. The molecule has 5 heteroatoms. The van der Waals surface area contributed by atoms with Gasteiger partial charge in [-0.2, -0.15) is 0 Å². The molecule has 0 fully saturated rings. The summed E-state index contributed by atoms with van der Waals surface area (Å²) in [7, 11) is 0. The predicted octanol–water partition coefficient (Wildman–Crippen LogP) is 4.69. The van der Waals surface area contributed by atoms with Crippen molar-refractivity contribution in [3.63, 3.8) is 0 Å². The molecule has 0 atom stereocenters. The van der Waals surface area contributed by atoms with Crippen molar-refractivity contribution in [3.8, 4) is 0 Å². The van der Waals surface area contributed by atoms with Crippen molar-refractivity contribution in [3.05, 3.63) is 63.4 Å². The molecule has 0 radical (unpaired) electrons. The minimum absolute atomic E-state index is 0.275. The summed E-state index contributed by atoms with van der Waals surface area (Å²) in [5.74, 6) is -0.739. The van der Waals surface area contributed by atoms with Crippen molar-refractivity contribution >= 4 is 34.8 Å². The Morgan fingerprint density at radius 1 is 1.21 bits per heavy atom. The molecule has 0 saturated carbocycles. The highest BCUT2D eigenvalue weighted by Crippen LogP contribution is 2.30. The highest BCUT2D eigenvalue weighted by molar-refractivity contribution is 6.44. The number of aryl methyl sites for hydroxylation is 1. The van der Waals surface area contributed by atoms with Gasteiger partial charge in [-0.25, -0.2) is 4.39 Å². The summed E-state index contributed by atoms with van der Waals surface area (Å²) in [4.78, 5) is 12.1. The lowest BCUT2D eigenvalue weighted by Gasteiger charge is -2.09. The highest BCUT2D eigenvalue weighted by atomic mass is 35.5. The molecule has 2 rings (SSSR count). The van der Waals surface area contributed by atoms with Crippen molar-refractivity contribution in [1.29, 1.82) is 0 Å². The molecule has 0 aliphatic heterocycles. The molecule has 98 valence electrons. The van der Waals surface area contributed by atoms with Gasteiger partial charge in [-0.3, -0.25) is 4.79 Å². The van der Waals surface area contributed by atoms with Gasteiger partial charge in [-0.15, -0.1) is 0 Å². The average molecular weight is 298 g/mol. The van der Waals surface area contributed by atoms with Crippen LogP contribution in [0.5, 0.6) is 0 Å². The number of rotatable bonds is 2. The third kappa shape index (κ3) is 3.06. The van der Waals surface area contributed by atoms with E-state index in [0.717, 1.165) is 0 Å². The first-order valence-corrected chi connectivity index (χ1v) is 6.26. The van der Waals surface area contributed by atoms with Crippen LogP contribution in [0.3, 0.4) is 0 Å². The van der Waals surface area contributed by atoms with Crippen LogP contribution in [-0.4, -0.2) is 5.91 Å². The van der Waals surface area contributed by atoms with Gasteiger partial charge in [0.1, 0.15) is 5.82 Å². The van der Waals surface area contributed by atoms with Crippen LogP contribution in [0.25, 0.3) is 0 Å². The largest absolute Gasteiger partial charge is 0.321 e. The zero-order chi connectivity index (χ0) is 14.0. The van der Waals surface area contributed by atoms with E-state index in [1.54, 1.807) is 25.1 Å². The molecule has 19 heavy (non-hydrogen) atoms. The third-order valence-corrected chi connectivity index (χ3v) is 3.45. The van der Waals surface area contributed by atoms with Gasteiger partial charge in [0, 0.05) is 5.56 Å². The van der Waals surface area contributed by atoms with Crippen LogP contribution >= 0.6 is 23.2 Å². The van der Waals surface area contributed by atoms with Gasteiger partial charge in [0.25, 0.3) is 5.91 Å². The normalized spacial score (nSPS) is 10.3. The SMILES string of the molecule is Cc1cc(F)ccc1C(=O)Nc1cccc(Cl)c1Cl. The van der Waals surface area contributed by atoms with E-state index in [0.29, 0.717) is 21.8 Å². The van der Waals surface area contributed by atoms with Crippen molar-refractivity contribution in [2.24, 2.45) is 0 Å². The fourth-order valence-electron chi connectivity index (χ4n) is 1.67. The third-order valence-electron chi connectivity index (χ3n) is 2.63. The fourth-order valence-corrected chi connectivity index (χ4v) is 2.02. The second kappa shape index (κ2) is 5.59. The van der Waals surface area contributed by atoms with Crippen LogP contribution in [0.15, 0.2) is 36.4 Å². The first-order chi connectivity index (χ1) is 8.99. The number of halogens is 3. The van der Waals surface area contributed by atoms with Crippen LogP contribution < -0.4 is 5.32 Å². The standard InChI is InChI=1S/C14H10Cl2FNO/c1-8-7-9(17)5-6-10(8)14(19)18-12-4-2-3-11(15)13(12)16/h2-7H,1H3,(H,18,19). The van der Waals surface area contributed by atoms with E-state index in [2.05, 4.69) is 5.32 Å². The second-order valence-corrected chi connectivity index (χ2v) is 4.80. The molecule has 0 aromatic heterocycles. The van der Waals surface area contributed by atoms with Crippen molar-refractivity contribution in [2.75, 3.05) is 5.32 Å². The maximum Gasteiger partial charge on any atom is 0.255 e. The van der Waals surface area contributed by atoms with Crippen LogP contribution in [0.2, 0.25) is 10.0 Å². The molecular formula is C14H10Cl2FNO. The lowest BCUT2D eigenvalue weighted by molar-refractivity contribution is 0.102. The van der Waals surface area contributed by atoms with E-state index in [1.807, 2.05) is 0 Å². The van der Waals surface area contributed by atoms with Crippen LogP contribution in [0.1, 0.15) is 15.9 Å². The van der Waals surface area contributed by atoms with Gasteiger partial charge in [0.2, 0.25) is 0 Å². The molecular weight excluding hydrogens is 288 g/mol. The van der Waals surface area contributed by atoms with Crippen LogP contribution in [0, 0.1) is 12.7 Å². The van der Waals surface area contributed by atoms with Gasteiger partial charge < -0.3 is 5.32 Å². The average Bonchev–Trinajstić information content (AvgIpc) is 2.34. The van der Waals surface area contributed by atoms with E-state index in [4.69, 9.17) is 23.2 Å². The van der Waals surface area contributed by atoms with Gasteiger partial charge in [-0.05, 0) is 42.8 Å². The second-order valence-electron chi connectivity index (χ2n) is 4.01. The maximum atomic E-state index is 13.0. The smallest absolute Gasteiger partial charge is 0.255 e. The molecule has 0 heterocycles. The minimum Gasteiger partial charge on any atom is -0.321 e. The minimum atomic E-state index is -0.380. The fraction of sp³-hybridized carbons (Fsp3) is 0.0714. The van der Waals surface area contributed by atoms with E-state index in [-0.39, 0.29) is 16.7 Å². The Morgan fingerprint density at radius 2 is 1.95 bits per heavy atom. The van der Waals surface area contributed by atoms with Gasteiger partial charge in [0.15, 0.2) is 0 Å². The van der Waals surface area contributed by atoms with Crippen LogP contribution in [-0.2, 0) is 0 Å². The summed E-state index contributed by atoms with van der Waals surface area (Å²) >= 11 is 11.8. The van der Waals surface area contributed by atoms with E-state index in [9.17, 15) is 9.18 Å². The topological polar surface area (TPSA) is 29.1 Å². The molecule has 0 aliphatic carbocycles. The molecule has 0 aliphatic rings. The summed E-state index contributed by atoms with van der Waals surface area (Å²) in [6.07, 6.45) is 0. The lowest BCUT2D eigenvalue weighted by atomic mass is 10.1. The lowest BCUT2D eigenvalue weighted by Crippen LogP contribution is -2.13. The summed E-state index contributed by atoms with van der Waals surface area (Å²) in [5.41, 5.74) is 1.36. The number of carbonyl (C=O) groups is 1. The molecule has 1 amide bonds. The quantitative estimate of drug-likeness (QED) is 0.856. The van der Waals surface area contributed by atoms with Crippen LogP contribution in [0.4, 0.5) is 10.1 Å². The molecule has 0 bridgehead atoms. The first kappa shape index (κ1) is 13.8. The van der Waals surface area contributed by atoms with Gasteiger partial charge >= 0.3 is 0 Å². The molecule has 2 nitrogen and oxygen atoms in total.